The van der Waals surface area contributed by atoms with Crippen LogP contribution in [-0.2, 0) is 0 Å². The van der Waals surface area contributed by atoms with Crippen molar-refractivity contribution in [1.29, 1.82) is 0 Å². The molecule has 2 aromatic heterocycles. The Hall–Kier alpha value is -1.91. The van der Waals surface area contributed by atoms with Gasteiger partial charge in [-0.05, 0) is 20.8 Å². The standard InChI is InChI=1S/C11H14N4O/c1-11(2,3)15-10(16)7-6-14-9-8(7)12-4-5-13-9/h4-6H,1-3H3,(H,13,14)(H,15,16). The van der Waals surface area contributed by atoms with E-state index in [1.54, 1.807) is 18.6 Å². The van der Waals surface area contributed by atoms with Gasteiger partial charge in [0, 0.05) is 24.1 Å². The van der Waals surface area contributed by atoms with Crippen molar-refractivity contribution >= 4 is 17.1 Å². The molecule has 0 aliphatic rings. The number of fused-ring (bicyclic) bond motifs is 1. The van der Waals surface area contributed by atoms with Gasteiger partial charge in [-0.15, -0.1) is 0 Å². The summed E-state index contributed by atoms with van der Waals surface area (Å²) in [5.41, 5.74) is 1.49. The first-order valence-electron chi connectivity index (χ1n) is 5.08. The highest BCUT2D eigenvalue weighted by Crippen LogP contribution is 2.13. The highest BCUT2D eigenvalue weighted by atomic mass is 16.1. The highest BCUT2D eigenvalue weighted by molar-refractivity contribution is 6.04. The molecule has 2 heterocycles. The Balaban J connectivity index is 2.37. The van der Waals surface area contributed by atoms with E-state index < -0.39 is 0 Å². The van der Waals surface area contributed by atoms with Gasteiger partial charge in [0.05, 0.1) is 5.56 Å². The van der Waals surface area contributed by atoms with Crippen LogP contribution in [0.2, 0.25) is 0 Å². The molecule has 0 aliphatic heterocycles. The molecule has 16 heavy (non-hydrogen) atoms. The lowest BCUT2D eigenvalue weighted by Crippen LogP contribution is -2.40. The van der Waals surface area contributed by atoms with Gasteiger partial charge in [-0.2, -0.15) is 0 Å². The lowest BCUT2D eigenvalue weighted by atomic mass is 10.1. The molecule has 2 aromatic rings. The summed E-state index contributed by atoms with van der Waals surface area (Å²) >= 11 is 0. The Bertz CT molecular complexity index is 524. The van der Waals surface area contributed by atoms with E-state index in [-0.39, 0.29) is 11.4 Å². The zero-order valence-electron chi connectivity index (χ0n) is 9.53. The van der Waals surface area contributed by atoms with Crippen LogP contribution in [0.5, 0.6) is 0 Å². The maximum Gasteiger partial charge on any atom is 0.255 e. The van der Waals surface area contributed by atoms with Gasteiger partial charge >= 0.3 is 0 Å². The molecule has 0 unspecified atom stereocenters. The first kappa shape index (κ1) is 10.6. The van der Waals surface area contributed by atoms with Crippen LogP contribution in [0.25, 0.3) is 11.2 Å². The molecule has 0 fully saturated rings. The van der Waals surface area contributed by atoms with Crippen LogP contribution in [0.1, 0.15) is 31.1 Å². The van der Waals surface area contributed by atoms with E-state index in [9.17, 15) is 4.79 Å². The minimum absolute atomic E-state index is 0.140. The zero-order valence-corrected chi connectivity index (χ0v) is 9.53. The molecule has 1 amide bonds. The average molecular weight is 218 g/mol. The summed E-state index contributed by atoms with van der Waals surface area (Å²) in [5, 5.41) is 2.89. The van der Waals surface area contributed by atoms with Crippen molar-refractivity contribution in [2.75, 3.05) is 0 Å². The number of rotatable bonds is 1. The van der Waals surface area contributed by atoms with Gasteiger partial charge in [0.1, 0.15) is 5.52 Å². The Morgan fingerprint density at radius 1 is 1.31 bits per heavy atom. The molecule has 0 radical (unpaired) electrons. The Kier molecular flexibility index (Phi) is 2.38. The van der Waals surface area contributed by atoms with E-state index in [2.05, 4.69) is 20.3 Å². The second kappa shape index (κ2) is 3.59. The molecule has 0 aromatic carbocycles. The van der Waals surface area contributed by atoms with E-state index in [1.165, 1.54) is 0 Å². The van der Waals surface area contributed by atoms with Gasteiger partial charge < -0.3 is 10.3 Å². The first-order chi connectivity index (χ1) is 7.47. The van der Waals surface area contributed by atoms with Crippen molar-refractivity contribution in [3.8, 4) is 0 Å². The van der Waals surface area contributed by atoms with Crippen molar-refractivity contribution in [3.63, 3.8) is 0 Å². The molecule has 0 atom stereocenters. The molecule has 5 heteroatoms. The normalized spacial score (nSPS) is 11.7. The van der Waals surface area contributed by atoms with E-state index in [1.807, 2.05) is 20.8 Å². The van der Waals surface area contributed by atoms with Crippen LogP contribution in [-0.4, -0.2) is 26.4 Å². The first-order valence-corrected chi connectivity index (χ1v) is 5.08. The van der Waals surface area contributed by atoms with E-state index >= 15 is 0 Å². The van der Waals surface area contributed by atoms with E-state index in [0.717, 1.165) is 0 Å². The second-order valence-corrected chi connectivity index (χ2v) is 4.66. The van der Waals surface area contributed by atoms with Crippen LogP contribution in [0.15, 0.2) is 18.6 Å². The Morgan fingerprint density at radius 2 is 2.00 bits per heavy atom. The molecular formula is C11H14N4O. The van der Waals surface area contributed by atoms with Gasteiger partial charge in [0.25, 0.3) is 5.91 Å². The highest BCUT2D eigenvalue weighted by Gasteiger charge is 2.18. The molecule has 0 saturated carbocycles. The summed E-state index contributed by atoms with van der Waals surface area (Å²) in [4.78, 5) is 23.1. The maximum absolute atomic E-state index is 11.9. The topological polar surface area (TPSA) is 70.7 Å². The molecule has 0 aliphatic carbocycles. The maximum atomic E-state index is 11.9. The minimum atomic E-state index is -0.261. The number of carbonyl (C=O) groups excluding carboxylic acids is 1. The van der Waals surface area contributed by atoms with Crippen LogP contribution in [0.3, 0.4) is 0 Å². The summed E-state index contributed by atoms with van der Waals surface area (Å²) in [7, 11) is 0. The number of amides is 1. The predicted octanol–water partition coefficient (Wildman–Crippen LogP) is 1.49. The molecule has 2 rings (SSSR count). The number of nitrogens with zero attached hydrogens (tertiary/aromatic N) is 2. The fourth-order valence-corrected chi connectivity index (χ4v) is 1.43. The van der Waals surface area contributed by atoms with Crippen LogP contribution < -0.4 is 5.32 Å². The molecule has 2 N–H and O–H groups in total. The van der Waals surface area contributed by atoms with E-state index in [4.69, 9.17) is 0 Å². The summed E-state index contributed by atoms with van der Waals surface area (Å²) in [6, 6.07) is 0. The third-order valence-electron chi connectivity index (χ3n) is 2.04. The number of nitrogens with one attached hydrogen (secondary N) is 2. The summed E-state index contributed by atoms with van der Waals surface area (Å²) in [5.74, 6) is -0.140. The van der Waals surface area contributed by atoms with Crippen molar-refractivity contribution in [1.82, 2.24) is 20.3 Å². The SMILES string of the molecule is CC(C)(C)NC(=O)c1c[nH]c2nccnc12. The van der Waals surface area contributed by atoms with Gasteiger partial charge in [-0.3, -0.25) is 9.78 Å². The third-order valence-corrected chi connectivity index (χ3v) is 2.04. The number of aromatic amines is 1. The zero-order chi connectivity index (χ0) is 11.8. The lowest BCUT2D eigenvalue weighted by molar-refractivity contribution is 0.0921. The molecule has 84 valence electrons. The largest absolute Gasteiger partial charge is 0.347 e. The molecular weight excluding hydrogens is 204 g/mol. The van der Waals surface area contributed by atoms with Gasteiger partial charge in [-0.25, -0.2) is 4.98 Å². The quantitative estimate of drug-likeness (QED) is 0.761. The van der Waals surface area contributed by atoms with Crippen LogP contribution in [0.4, 0.5) is 0 Å². The number of hydrogen-bond acceptors (Lipinski definition) is 3. The van der Waals surface area contributed by atoms with Crippen molar-refractivity contribution in [2.45, 2.75) is 26.3 Å². The predicted molar refractivity (Wildman–Crippen MR) is 61.1 cm³/mol. The number of hydrogen-bond donors (Lipinski definition) is 2. The Labute approximate surface area is 93.3 Å². The van der Waals surface area contributed by atoms with Gasteiger partial charge in [0.2, 0.25) is 0 Å². The molecule has 0 bridgehead atoms. The van der Waals surface area contributed by atoms with Crippen LogP contribution >= 0.6 is 0 Å². The molecule has 0 spiro atoms. The fraction of sp³-hybridized carbons (Fsp3) is 0.364. The van der Waals surface area contributed by atoms with Gasteiger partial charge in [0.15, 0.2) is 5.65 Å². The monoisotopic (exact) mass is 218 g/mol. The summed E-state index contributed by atoms with van der Waals surface area (Å²) in [6.45, 7) is 5.81. The average Bonchev–Trinajstić information content (AvgIpc) is 2.58. The number of H-pyrrole nitrogens is 1. The second-order valence-electron chi connectivity index (χ2n) is 4.66. The minimum Gasteiger partial charge on any atom is -0.347 e. The van der Waals surface area contributed by atoms with Crippen molar-refractivity contribution in [2.24, 2.45) is 0 Å². The number of aromatic nitrogens is 3. The molecule has 5 nitrogen and oxygen atoms in total. The van der Waals surface area contributed by atoms with Crippen molar-refractivity contribution in [3.05, 3.63) is 24.2 Å². The smallest absolute Gasteiger partial charge is 0.255 e. The van der Waals surface area contributed by atoms with Gasteiger partial charge in [-0.1, -0.05) is 0 Å². The lowest BCUT2D eigenvalue weighted by Gasteiger charge is -2.19. The number of carbonyl (C=O) groups is 1. The van der Waals surface area contributed by atoms with E-state index in [0.29, 0.717) is 16.7 Å². The molecule has 0 saturated heterocycles. The summed E-state index contributed by atoms with van der Waals surface area (Å²) < 4.78 is 0. The Morgan fingerprint density at radius 3 is 2.69 bits per heavy atom. The third kappa shape index (κ3) is 2.03. The van der Waals surface area contributed by atoms with Crippen molar-refractivity contribution < 1.29 is 4.79 Å². The van der Waals surface area contributed by atoms with Crippen LogP contribution in [0, 0.1) is 0 Å². The fourth-order valence-electron chi connectivity index (χ4n) is 1.43. The summed E-state index contributed by atoms with van der Waals surface area (Å²) in [6.07, 6.45) is 4.79.